The van der Waals surface area contributed by atoms with Crippen molar-refractivity contribution in [3.63, 3.8) is 0 Å². The Kier molecular flexibility index (Phi) is 4.15. The number of nitrogens with zero attached hydrogens (tertiary/aromatic N) is 3. The van der Waals surface area contributed by atoms with Crippen LogP contribution >= 0.6 is 0 Å². The smallest absolute Gasteiger partial charge is 0.227 e. The third kappa shape index (κ3) is 3.88. The minimum absolute atomic E-state index is 0.0647. The van der Waals surface area contributed by atoms with Gasteiger partial charge in [0.05, 0.1) is 23.4 Å². The minimum Gasteiger partial charge on any atom is -0.250 e. The van der Waals surface area contributed by atoms with Gasteiger partial charge in [-0.1, -0.05) is 22.9 Å². The van der Waals surface area contributed by atoms with E-state index in [-0.39, 0.29) is 22.2 Å². The van der Waals surface area contributed by atoms with E-state index in [0.29, 0.717) is 0 Å². The number of sulfone groups is 2. The molecule has 0 N–H and O–H groups in total. The molecule has 0 fully saturated rings. The van der Waals surface area contributed by atoms with Gasteiger partial charge in [-0.05, 0) is 19.1 Å². The fourth-order valence-electron chi connectivity index (χ4n) is 1.61. The molecule has 0 amide bonds. The van der Waals surface area contributed by atoms with E-state index in [1.165, 1.54) is 23.0 Å². The van der Waals surface area contributed by atoms with Gasteiger partial charge in [0.1, 0.15) is 9.84 Å². The molecule has 2 aromatic rings. The number of rotatable bonds is 5. The van der Waals surface area contributed by atoms with Crippen molar-refractivity contribution in [3.05, 3.63) is 36.0 Å². The van der Waals surface area contributed by atoms with Crippen LogP contribution in [0.2, 0.25) is 0 Å². The summed E-state index contributed by atoms with van der Waals surface area (Å²) in [5.41, 5.74) is 0.950. The lowest BCUT2D eigenvalue weighted by atomic mass is 10.2. The van der Waals surface area contributed by atoms with E-state index in [0.717, 1.165) is 11.8 Å². The molecule has 2 rings (SSSR count). The molecule has 9 heteroatoms. The van der Waals surface area contributed by atoms with Gasteiger partial charge in [0, 0.05) is 6.26 Å². The van der Waals surface area contributed by atoms with Crippen molar-refractivity contribution in [1.82, 2.24) is 15.0 Å². The predicted octanol–water partition coefficient (Wildman–Crippen LogP) is 0.464. The lowest BCUT2D eigenvalue weighted by Crippen LogP contribution is -2.11. The Labute approximate surface area is 123 Å². The molecule has 0 saturated carbocycles. The van der Waals surface area contributed by atoms with Crippen LogP contribution in [0.15, 0.2) is 40.4 Å². The third-order valence-electron chi connectivity index (χ3n) is 2.82. The van der Waals surface area contributed by atoms with E-state index in [1.807, 2.05) is 6.92 Å². The summed E-state index contributed by atoms with van der Waals surface area (Å²) in [6.07, 6.45) is 2.34. The van der Waals surface area contributed by atoms with Crippen LogP contribution in [0.5, 0.6) is 0 Å². The Bertz CT molecular complexity index is 837. The Morgan fingerprint density at radius 3 is 2.29 bits per heavy atom. The van der Waals surface area contributed by atoms with E-state index in [2.05, 4.69) is 10.3 Å². The van der Waals surface area contributed by atoms with Gasteiger partial charge >= 0.3 is 0 Å². The average Bonchev–Trinajstić information content (AvgIpc) is 2.85. The van der Waals surface area contributed by atoms with Crippen molar-refractivity contribution in [2.45, 2.75) is 23.4 Å². The van der Waals surface area contributed by atoms with Crippen LogP contribution in [0.4, 0.5) is 0 Å². The maximum absolute atomic E-state index is 12.3. The van der Waals surface area contributed by atoms with Crippen LogP contribution in [-0.4, -0.2) is 43.8 Å². The highest BCUT2D eigenvalue weighted by Gasteiger charge is 2.21. The molecule has 0 unspecified atom stereocenters. The number of aryl methyl sites for hydroxylation is 2. The lowest BCUT2D eigenvalue weighted by Gasteiger charge is -2.01. The normalized spacial score (nSPS) is 12.5. The highest BCUT2D eigenvalue weighted by Crippen LogP contribution is 2.18. The summed E-state index contributed by atoms with van der Waals surface area (Å²) in [5.74, 6) is -0.125. The fraction of sp³-hybridized carbons (Fsp3) is 0.333. The second-order valence-corrected chi connectivity index (χ2v) is 8.92. The molecule has 1 heterocycles. The number of aromatic nitrogens is 3. The Morgan fingerprint density at radius 2 is 1.71 bits per heavy atom. The largest absolute Gasteiger partial charge is 0.250 e. The van der Waals surface area contributed by atoms with Crippen molar-refractivity contribution < 1.29 is 16.8 Å². The second-order valence-electron chi connectivity index (χ2n) is 4.77. The zero-order valence-electron chi connectivity index (χ0n) is 11.6. The van der Waals surface area contributed by atoms with Crippen LogP contribution in [0.3, 0.4) is 0 Å². The minimum atomic E-state index is -3.73. The van der Waals surface area contributed by atoms with Crippen molar-refractivity contribution in [2.24, 2.45) is 0 Å². The zero-order chi connectivity index (χ0) is 15.7. The first-order valence-electron chi connectivity index (χ1n) is 6.08. The van der Waals surface area contributed by atoms with Crippen LogP contribution in [0.1, 0.15) is 5.56 Å². The predicted molar refractivity (Wildman–Crippen MR) is 76.4 cm³/mol. The maximum Gasteiger partial charge on any atom is 0.227 e. The van der Waals surface area contributed by atoms with Crippen LogP contribution in [0.25, 0.3) is 0 Å². The van der Waals surface area contributed by atoms with Gasteiger partial charge in [0.25, 0.3) is 0 Å². The molecule has 0 atom stereocenters. The molecular weight excluding hydrogens is 314 g/mol. The van der Waals surface area contributed by atoms with E-state index < -0.39 is 19.7 Å². The van der Waals surface area contributed by atoms with Crippen molar-refractivity contribution in [3.8, 4) is 0 Å². The van der Waals surface area contributed by atoms with Gasteiger partial charge in [-0.15, -0.1) is 5.10 Å². The summed E-state index contributed by atoms with van der Waals surface area (Å²) < 4.78 is 48.0. The third-order valence-corrected chi connectivity index (χ3v) is 5.37. The van der Waals surface area contributed by atoms with Crippen molar-refractivity contribution >= 4 is 19.7 Å². The molecule has 0 spiro atoms. The van der Waals surface area contributed by atoms with E-state index in [9.17, 15) is 16.8 Å². The summed E-state index contributed by atoms with van der Waals surface area (Å²) in [5, 5.41) is 7.07. The van der Waals surface area contributed by atoms with Gasteiger partial charge in [-0.2, -0.15) is 0 Å². The van der Waals surface area contributed by atoms with Gasteiger partial charge in [-0.25, -0.2) is 16.8 Å². The van der Waals surface area contributed by atoms with Gasteiger partial charge in [-0.3, -0.25) is 4.68 Å². The average molecular weight is 329 g/mol. The van der Waals surface area contributed by atoms with Gasteiger partial charge < -0.3 is 0 Å². The van der Waals surface area contributed by atoms with Crippen molar-refractivity contribution in [2.75, 3.05) is 12.0 Å². The molecular formula is C12H15N3O4S2. The molecule has 0 aliphatic heterocycles. The van der Waals surface area contributed by atoms with Gasteiger partial charge in [0.15, 0.2) is 0 Å². The first kappa shape index (κ1) is 15.6. The van der Waals surface area contributed by atoms with E-state index in [4.69, 9.17) is 0 Å². The first-order valence-corrected chi connectivity index (χ1v) is 9.62. The monoisotopic (exact) mass is 329 g/mol. The molecule has 0 aliphatic carbocycles. The summed E-state index contributed by atoms with van der Waals surface area (Å²) in [6.45, 7) is 1.92. The Morgan fingerprint density at radius 1 is 1.10 bits per heavy atom. The first-order chi connectivity index (χ1) is 9.68. The van der Waals surface area contributed by atoms with Crippen molar-refractivity contribution in [1.29, 1.82) is 0 Å². The van der Waals surface area contributed by atoms with Gasteiger partial charge in [0.2, 0.25) is 14.9 Å². The second kappa shape index (κ2) is 5.57. The molecule has 1 aromatic carbocycles. The topological polar surface area (TPSA) is 99.0 Å². The molecule has 114 valence electrons. The summed E-state index contributed by atoms with van der Waals surface area (Å²) in [4.78, 5) is 0.128. The molecule has 0 aliphatic rings. The SMILES string of the molecule is Cc1ccc(S(=O)(=O)c2cn(CCS(C)(=O)=O)nn2)cc1. The highest BCUT2D eigenvalue weighted by atomic mass is 32.2. The van der Waals surface area contributed by atoms with Crippen LogP contribution in [0, 0.1) is 6.92 Å². The number of hydrogen-bond donors (Lipinski definition) is 0. The summed E-state index contributed by atoms with van der Waals surface area (Å²) in [7, 11) is -6.88. The molecule has 7 nitrogen and oxygen atoms in total. The fourth-order valence-corrected chi connectivity index (χ4v) is 3.27. The summed E-state index contributed by atoms with van der Waals surface area (Å²) >= 11 is 0. The molecule has 0 bridgehead atoms. The molecule has 21 heavy (non-hydrogen) atoms. The van der Waals surface area contributed by atoms with Crippen LogP contribution < -0.4 is 0 Å². The lowest BCUT2D eigenvalue weighted by molar-refractivity contribution is 0.579. The Balaban J connectivity index is 2.26. The molecule has 0 radical (unpaired) electrons. The molecule has 0 saturated heterocycles. The van der Waals surface area contributed by atoms with E-state index in [1.54, 1.807) is 12.1 Å². The maximum atomic E-state index is 12.3. The standard InChI is InChI=1S/C12H15N3O4S2/c1-10-3-5-11(6-4-10)21(18,19)12-9-15(14-13-12)7-8-20(2,16)17/h3-6,9H,7-8H2,1-2H3. The zero-order valence-corrected chi connectivity index (χ0v) is 13.2. The van der Waals surface area contributed by atoms with Crippen LogP contribution in [-0.2, 0) is 26.2 Å². The number of benzene rings is 1. The quantitative estimate of drug-likeness (QED) is 0.790. The highest BCUT2D eigenvalue weighted by molar-refractivity contribution is 7.91. The number of hydrogen-bond acceptors (Lipinski definition) is 6. The summed E-state index contributed by atoms with van der Waals surface area (Å²) in [6, 6.07) is 6.39. The molecule has 1 aromatic heterocycles. The Hall–Kier alpha value is -1.74. The van der Waals surface area contributed by atoms with E-state index >= 15 is 0 Å².